The molecule has 4 nitrogen and oxygen atoms in total. The molecule has 0 aliphatic rings. The molecule has 0 unspecified atom stereocenters. The average Bonchev–Trinajstić information content (AvgIpc) is 2.64. The van der Waals surface area contributed by atoms with Gasteiger partial charge in [0.2, 0.25) is 0 Å². The first kappa shape index (κ1) is 17.8. The highest BCUT2D eigenvalue weighted by molar-refractivity contribution is 9.10. The minimum atomic E-state index is 0.779. The molecule has 1 aromatic carbocycles. The highest BCUT2D eigenvalue weighted by Crippen LogP contribution is 2.27. The molecule has 0 radical (unpaired) electrons. The van der Waals surface area contributed by atoms with Gasteiger partial charge in [-0.05, 0) is 39.5 Å². The van der Waals surface area contributed by atoms with E-state index in [1.54, 1.807) is 24.8 Å². The lowest BCUT2D eigenvalue weighted by Gasteiger charge is -2.02. The molecule has 5 heteroatoms. The van der Waals surface area contributed by atoms with Crippen LogP contribution in [-0.2, 0) is 0 Å². The van der Waals surface area contributed by atoms with E-state index in [0.29, 0.717) is 0 Å². The molecular weight excluding hydrogens is 364 g/mol. The maximum absolute atomic E-state index is 5.80. The van der Waals surface area contributed by atoms with E-state index < -0.39 is 0 Å². The zero-order chi connectivity index (χ0) is 17.4. The Bertz CT molecular complexity index is 823. The van der Waals surface area contributed by atoms with Gasteiger partial charge in [0.1, 0.15) is 0 Å². The maximum atomic E-state index is 5.80. The fourth-order valence-corrected chi connectivity index (χ4v) is 2.72. The molecule has 3 heterocycles. The summed E-state index contributed by atoms with van der Waals surface area (Å²) in [6.45, 7) is 4.00. The molecule has 0 aliphatic heterocycles. The summed E-state index contributed by atoms with van der Waals surface area (Å²) >= 11 is 3.41. The van der Waals surface area contributed by atoms with Crippen molar-refractivity contribution in [2.24, 2.45) is 0 Å². The molecule has 24 heavy (non-hydrogen) atoms. The van der Waals surface area contributed by atoms with Crippen LogP contribution in [0.3, 0.4) is 0 Å². The predicted molar refractivity (Wildman–Crippen MR) is 105 cm³/mol. The van der Waals surface area contributed by atoms with Gasteiger partial charge in [0.25, 0.3) is 0 Å². The van der Waals surface area contributed by atoms with Gasteiger partial charge in [0.05, 0.1) is 0 Å². The van der Waals surface area contributed by atoms with Crippen LogP contribution in [0.15, 0.2) is 72.0 Å². The van der Waals surface area contributed by atoms with E-state index in [2.05, 4.69) is 30.9 Å². The standard InChI is InChI=1S/C9H7BrN2.C8H6N2.C2H6/c10-7-5-12-4-6-2-1-3-8(11)9(6)7;1-3-9-5-8-6-10-4-2-7(1)8;1-2/h1-5H,11H2;1-6H;1-2H3. The lowest BCUT2D eigenvalue weighted by molar-refractivity contribution is 1.32. The van der Waals surface area contributed by atoms with E-state index >= 15 is 0 Å². The first-order valence-electron chi connectivity index (χ1n) is 7.67. The number of nitrogens with two attached hydrogens (primary N) is 1. The van der Waals surface area contributed by atoms with Crippen molar-refractivity contribution in [1.82, 2.24) is 15.0 Å². The van der Waals surface area contributed by atoms with Gasteiger partial charge >= 0.3 is 0 Å². The van der Waals surface area contributed by atoms with E-state index in [0.717, 1.165) is 26.3 Å². The van der Waals surface area contributed by atoms with Crippen molar-refractivity contribution in [1.29, 1.82) is 0 Å². The number of benzene rings is 1. The fourth-order valence-electron chi connectivity index (χ4n) is 2.14. The molecule has 4 rings (SSSR count). The Morgan fingerprint density at radius 3 is 1.96 bits per heavy atom. The van der Waals surface area contributed by atoms with Crippen LogP contribution in [0.1, 0.15) is 13.8 Å². The molecule has 2 N–H and O–H groups in total. The Morgan fingerprint density at radius 1 is 0.750 bits per heavy atom. The van der Waals surface area contributed by atoms with E-state index in [1.807, 2.05) is 56.6 Å². The minimum Gasteiger partial charge on any atom is -0.398 e. The summed E-state index contributed by atoms with van der Waals surface area (Å²) in [5.74, 6) is 0. The molecule has 0 aliphatic carbocycles. The van der Waals surface area contributed by atoms with Crippen LogP contribution in [0.2, 0.25) is 0 Å². The van der Waals surface area contributed by atoms with Gasteiger partial charge < -0.3 is 5.73 Å². The molecule has 0 spiro atoms. The van der Waals surface area contributed by atoms with Crippen molar-refractivity contribution < 1.29 is 0 Å². The molecule has 0 atom stereocenters. The number of pyridine rings is 3. The first-order valence-corrected chi connectivity index (χ1v) is 8.46. The molecular formula is C19H19BrN4. The van der Waals surface area contributed by atoms with Crippen molar-refractivity contribution in [2.75, 3.05) is 5.73 Å². The zero-order valence-electron chi connectivity index (χ0n) is 13.6. The second kappa shape index (κ2) is 8.93. The van der Waals surface area contributed by atoms with Crippen molar-refractivity contribution in [3.63, 3.8) is 0 Å². The van der Waals surface area contributed by atoms with E-state index in [1.165, 1.54) is 5.39 Å². The van der Waals surface area contributed by atoms with E-state index in [4.69, 9.17) is 5.73 Å². The summed E-state index contributed by atoms with van der Waals surface area (Å²) in [7, 11) is 0. The summed E-state index contributed by atoms with van der Waals surface area (Å²) in [5.41, 5.74) is 6.58. The second-order valence-electron chi connectivity index (χ2n) is 4.67. The van der Waals surface area contributed by atoms with Crippen LogP contribution in [0.5, 0.6) is 0 Å². The van der Waals surface area contributed by atoms with Crippen LogP contribution in [0.4, 0.5) is 5.69 Å². The van der Waals surface area contributed by atoms with Crippen LogP contribution in [-0.4, -0.2) is 15.0 Å². The van der Waals surface area contributed by atoms with Gasteiger partial charge in [-0.25, -0.2) is 0 Å². The zero-order valence-corrected chi connectivity index (χ0v) is 15.2. The van der Waals surface area contributed by atoms with Crippen molar-refractivity contribution in [2.45, 2.75) is 13.8 Å². The lowest BCUT2D eigenvalue weighted by atomic mass is 10.1. The summed E-state index contributed by atoms with van der Waals surface area (Å²) in [6.07, 6.45) is 10.7. The number of nitrogens with zero attached hydrogens (tertiary/aromatic N) is 3. The molecule has 4 aromatic rings. The number of hydrogen-bond acceptors (Lipinski definition) is 4. The minimum absolute atomic E-state index is 0.779. The van der Waals surface area contributed by atoms with Crippen LogP contribution in [0, 0.1) is 0 Å². The largest absolute Gasteiger partial charge is 0.398 e. The Morgan fingerprint density at radius 2 is 1.38 bits per heavy atom. The highest BCUT2D eigenvalue weighted by atomic mass is 79.9. The number of halogens is 1. The molecule has 0 amide bonds. The molecule has 122 valence electrons. The highest BCUT2D eigenvalue weighted by Gasteiger charge is 2.00. The smallest absolute Gasteiger partial charge is 0.0457 e. The normalized spacial score (nSPS) is 9.62. The van der Waals surface area contributed by atoms with Crippen LogP contribution < -0.4 is 5.73 Å². The summed E-state index contributed by atoms with van der Waals surface area (Å²) < 4.78 is 0.943. The molecule has 0 saturated heterocycles. The maximum Gasteiger partial charge on any atom is 0.0457 e. The average molecular weight is 383 g/mol. The van der Waals surface area contributed by atoms with E-state index in [9.17, 15) is 0 Å². The Labute approximate surface area is 149 Å². The van der Waals surface area contributed by atoms with Gasteiger partial charge in [-0.1, -0.05) is 26.0 Å². The Kier molecular flexibility index (Phi) is 6.63. The molecule has 0 bridgehead atoms. The summed E-state index contributed by atoms with van der Waals surface area (Å²) in [6, 6.07) is 9.73. The SMILES string of the molecule is CC.Nc1cccc2cncc(Br)c12.c1cc2ccncc2cn1. The molecule has 0 fully saturated rings. The van der Waals surface area contributed by atoms with Crippen LogP contribution >= 0.6 is 15.9 Å². The van der Waals surface area contributed by atoms with Gasteiger partial charge in [0.15, 0.2) is 0 Å². The van der Waals surface area contributed by atoms with Crippen molar-refractivity contribution in [3.05, 3.63) is 72.0 Å². The van der Waals surface area contributed by atoms with Gasteiger partial charge in [-0.2, -0.15) is 0 Å². The first-order chi connectivity index (χ1) is 11.8. The van der Waals surface area contributed by atoms with Crippen molar-refractivity contribution >= 4 is 43.2 Å². The number of anilines is 1. The Balaban J connectivity index is 0.000000160. The quantitative estimate of drug-likeness (QED) is 0.422. The predicted octanol–water partition coefficient (Wildman–Crippen LogP) is 5.24. The third kappa shape index (κ3) is 4.26. The summed E-state index contributed by atoms with van der Waals surface area (Å²) in [4.78, 5) is 12.0. The second-order valence-corrected chi connectivity index (χ2v) is 5.52. The van der Waals surface area contributed by atoms with Gasteiger partial charge in [-0.15, -0.1) is 0 Å². The van der Waals surface area contributed by atoms with Gasteiger partial charge in [0, 0.05) is 63.5 Å². The topological polar surface area (TPSA) is 64.7 Å². The molecule has 3 aromatic heterocycles. The van der Waals surface area contributed by atoms with E-state index in [-0.39, 0.29) is 0 Å². The number of hydrogen-bond donors (Lipinski definition) is 1. The Hall–Kier alpha value is -2.53. The molecule has 0 saturated carbocycles. The number of nitrogen functional groups attached to an aromatic ring is 1. The third-order valence-electron chi connectivity index (χ3n) is 3.21. The number of aromatic nitrogens is 3. The van der Waals surface area contributed by atoms with Crippen LogP contribution in [0.25, 0.3) is 21.5 Å². The fraction of sp³-hybridized carbons (Fsp3) is 0.105. The lowest BCUT2D eigenvalue weighted by Crippen LogP contribution is -1.87. The summed E-state index contributed by atoms with van der Waals surface area (Å²) in [5, 5.41) is 4.37. The monoisotopic (exact) mass is 382 g/mol. The number of fused-ring (bicyclic) bond motifs is 2. The van der Waals surface area contributed by atoms with Crippen molar-refractivity contribution in [3.8, 4) is 0 Å². The van der Waals surface area contributed by atoms with Gasteiger partial charge in [-0.3, -0.25) is 15.0 Å². The number of rotatable bonds is 0. The third-order valence-corrected chi connectivity index (χ3v) is 3.81.